The average molecular weight is 665 g/mol. The fourth-order valence-electron chi connectivity index (χ4n) is 6.02. The predicted molar refractivity (Wildman–Crippen MR) is 168 cm³/mol. The van der Waals surface area contributed by atoms with Crippen LogP contribution in [-0.4, -0.2) is 66.3 Å². The minimum atomic E-state index is 0. The van der Waals surface area contributed by atoms with Crippen LogP contribution in [0, 0.1) is 27.7 Å². The standard InChI is InChI=1S/C17H26NO.C16H23NO.2CH4.HI/c1-13-8-7-9-14(2)16(13)12-17(19)15(3)18(4)10-5-6-11-18;1-12-7-6-8-13(2)15(12)11-16(18)14(3)17-9-4-5-10-17;;;/h7-9,15H,5-6,10-12H2,1-4H3;6-8,14H,4-5,9-11H2,1-3H3;2*1H4;1H/q+1;;;;/p-1. The summed E-state index contributed by atoms with van der Waals surface area (Å²) < 4.78 is 0.934. The maximum atomic E-state index is 12.6. The van der Waals surface area contributed by atoms with Gasteiger partial charge in [-0.2, -0.15) is 0 Å². The monoisotopic (exact) mass is 664 g/mol. The van der Waals surface area contributed by atoms with Crippen LogP contribution in [-0.2, 0) is 22.4 Å². The fourth-order valence-corrected chi connectivity index (χ4v) is 6.02. The Hall–Kier alpha value is -1.57. The molecule has 2 saturated heterocycles. The molecule has 0 aliphatic carbocycles. The molecular weight excluding hydrogens is 607 g/mol. The van der Waals surface area contributed by atoms with Crippen molar-refractivity contribution in [1.82, 2.24) is 4.90 Å². The molecular formula is C35H57IN2O2. The molecule has 226 valence electrons. The van der Waals surface area contributed by atoms with E-state index in [9.17, 15) is 9.59 Å². The van der Waals surface area contributed by atoms with E-state index < -0.39 is 0 Å². The Morgan fingerprint density at radius 1 is 0.725 bits per heavy atom. The zero-order valence-corrected chi connectivity index (χ0v) is 26.9. The number of hydrogen-bond donors (Lipinski definition) is 0. The summed E-state index contributed by atoms with van der Waals surface area (Å²) in [5, 5.41) is 0. The van der Waals surface area contributed by atoms with Crippen molar-refractivity contribution in [3.8, 4) is 0 Å². The third-order valence-corrected chi connectivity index (χ3v) is 9.13. The SMILES string of the molecule is C.C.Cc1cccc(C)c1CC(=O)C(C)N1CCCC1.Cc1cccc(C)c1CC(=O)C(C)[N+]1(C)CCCC1.[I-]. The van der Waals surface area contributed by atoms with E-state index in [4.69, 9.17) is 0 Å². The third kappa shape index (κ3) is 9.77. The van der Waals surface area contributed by atoms with Gasteiger partial charge in [-0.15, -0.1) is 0 Å². The van der Waals surface area contributed by atoms with Crippen molar-refractivity contribution < 1.29 is 38.0 Å². The van der Waals surface area contributed by atoms with E-state index in [1.165, 1.54) is 59.1 Å². The zero-order chi connectivity index (χ0) is 27.2. The van der Waals surface area contributed by atoms with Gasteiger partial charge in [0.2, 0.25) is 0 Å². The van der Waals surface area contributed by atoms with Crippen molar-refractivity contribution in [2.45, 2.75) is 107 Å². The van der Waals surface area contributed by atoms with Crippen LogP contribution in [0.2, 0.25) is 0 Å². The number of carbonyl (C=O) groups is 2. The topological polar surface area (TPSA) is 37.4 Å². The molecule has 0 saturated carbocycles. The number of likely N-dealkylation sites (tertiary alicyclic amines) is 2. The number of carbonyl (C=O) groups excluding carboxylic acids is 2. The highest BCUT2D eigenvalue weighted by atomic mass is 127. The first-order valence-corrected chi connectivity index (χ1v) is 14.3. The minimum absolute atomic E-state index is 0. The van der Waals surface area contributed by atoms with Gasteiger partial charge in [0.25, 0.3) is 0 Å². The number of hydrogen-bond acceptors (Lipinski definition) is 3. The molecule has 2 aliphatic heterocycles. The molecule has 4 rings (SSSR count). The Morgan fingerprint density at radius 3 is 1.50 bits per heavy atom. The molecule has 0 radical (unpaired) electrons. The second kappa shape index (κ2) is 17.4. The molecule has 0 amide bonds. The molecule has 2 fully saturated rings. The van der Waals surface area contributed by atoms with E-state index in [1.807, 2.05) is 0 Å². The first kappa shape index (κ1) is 38.4. The molecule has 5 heteroatoms. The van der Waals surface area contributed by atoms with E-state index in [0.29, 0.717) is 24.4 Å². The summed E-state index contributed by atoms with van der Waals surface area (Å²) in [6.07, 6.45) is 6.17. The number of benzene rings is 2. The molecule has 2 unspecified atom stereocenters. The Kier molecular flexibility index (Phi) is 16.7. The van der Waals surface area contributed by atoms with Crippen LogP contribution in [0.3, 0.4) is 0 Å². The van der Waals surface area contributed by atoms with E-state index in [2.05, 4.69) is 89.9 Å². The van der Waals surface area contributed by atoms with Gasteiger partial charge < -0.3 is 28.5 Å². The largest absolute Gasteiger partial charge is 1.00 e. The Bertz CT molecular complexity index is 1040. The number of Topliss-reactive ketones (excluding diaryl/α,β-unsaturated/α-hetero) is 2. The van der Waals surface area contributed by atoms with Gasteiger partial charge in [0.1, 0.15) is 6.04 Å². The van der Waals surface area contributed by atoms with Crippen LogP contribution in [0.4, 0.5) is 0 Å². The smallest absolute Gasteiger partial charge is 0.193 e. The quantitative estimate of drug-likeness (QED) is 0.314. The predicted octanol–water partition coefficient (Wildman–Crippen LogP) is 4.22. The zero-order valence-electron chi connectivity index (χ0n) is 24.8. The van der Waals surface area contributed by atoms with Gasteiger partial charge in [0, 0.05) is 25.7 Å². The Balaban J connectivity index is 0.000000708. The van der Waals surface area contributed by atoms with Crippen molar-refractivity contribution >= 4 is 11.6 Å². The number of nitrogens with zero attached hydrogens (tertiary/aromatic N) is 2. The second-order valence-corrected chi connectivity index (χ2v) is 11.8. The number of rotatable bonds is 8. The lowest BCUT2D eigenvalue weighted by Gasteiger charge is -2.35. The molecule has 2 heterocycles. The van der Waals surface area contributed by atoms with E-state index in [-0.39, 0.29) is 50.9 Å². The maximum Gasteiger partial charge on any atom is 0.193 e. The molecule has 2 aromatic carbocycles. The van der Waals surface area contributed by atoms with Crippen LogP contribution >= 0.6 is 0 Å². The van der Waals surface area contributed by atoms with Crippen LogP contribution in [0.5, 0.6) is 0 Å². The summed E-state index contributed by atoms with van der Waals surface area (Å²) in [5.41, 5.74) is 7.39. The number of ketones is 2. The molecule has 40 heavy (non-hydrogen) atoms. The fraction of sp³-hybridized carbons (Fsp3) is 0.600. The van der Waals surface area contributed by atoms with Gasteiger partial charge in [0.05, 0.1) is 26.2 Å². The van der Waals surface area contributed by atoms with Gasteiger partial charge in [-0.25, -0.2) is 0 Å². The molecule has 0 N–H and O–H groups in total. The molecule has 0 spiro atoms. The number of likely N-dealkylation sites (N-methyl/N-ethyl adjacent to an activating group) is 1. The summed E-state index contributed by atoms with van der Waals surface area (Å²) in [4.78, 5) is 27.3. The Morgan fingerprint density at radius 2 is 1.10 bits per heavy atom. The molecule has 2 aromatic rings. The first-order valence-electron chi connectivity index (χ1n) is 14.3. The molecule has 4 nitrogen and oxygen atoms in total. The summed E-state index contributed by atoms with van der Waals surface area (Å²) in [5.74, 6) is 0.746. The normalized spacial score (nSPS) is 17.3. The summed E-state index contributed by atoms with van der Waals surface area (Å²) >= 11 is 0. The van der Waals surface area contributed by atoms with Crippen molar-refractivity contribution in [3.63, 3.8) is 0 Å². The van der Waals surface area contributed by atoms with E-state index >= 15 is 0 Å². The van der Waals surface area contributed by atoms with Gasteiger partial charge in [-0.3, -0.25) is 14.5 Å². The Labute approximate surface area is 263 Å². The summed E-state index contributed by atoms with van der Waals surface area (Å²) in [6.45, 7) is 17.0. The summed E-state index contributed by atoms with van der Waals surface area (Å²) in [7, 11) is 2.24. The van der Waals surface area contributed by atoms with E-state index in [1.54, 1.807) is 0 Å². The van der Waals surface area contributed by atoms with Gasteiger partial charge in [-0.05, 0) is 101 Å². The van der Waals surface area contributed by atoms with Gasteiger partial charge in [-0.1, -0.05) is 51.3 Å². The lowest BCUT2D eigenvalue weighted by Crippen LogP contribution is -3.00. The van der Waals surface area contributed by atoms with Crippen LogP contribution in [0.15, 0.2) is 36.4 Å². The maximum absolute atomic E-state index is 12.6. The number of quaternary nitrogens is 1. The lowest BCUT2D eigenvalue weighted by molar-refractivity contribution is -0.911. The first-order chi connectivity index (χ1) is 17.5. The van der Waals surface area contributed by atoms with Crippen molar-refractivity contribution in [2.24, 2.45) is 0 Å². The van der Waals surface area contributed by atoms with Crippen molar-refractivity contribution in [1.29, 1.82) is 0 Å². The second-order valence-electron chi connectivity index (χ2n) is 11.8. The van der Waals surface area contributed by atoms with Crippen LogP contribution in [0.1, 0.15) is 87.8 Å². The van der Waals surface area contributed by atoms with Crippen molar-refractivity contribution in [3.05, 3.63) is 69.8 Å². The van der Waals surface area contributed by atoms with Crippen LogP contribution < -0.4 is 24.0 Å². The highest BCUT2D eigenvalue weighted by Gasteiger charge is 2.37. The highest BCUT2D eigenvalue weighted by Crippen LogP contribution is 2.23. The molecule has 2 aliphatic rings. The minimum Gasteiger partial charge on any atom is -1.00 e. The molecule has 0 aromatic heterocycles. The van der Waals surface area contributed by atoms with Gasteiger partial charge >= 0.3 is 0 Å². The van der Waals surface area contributed by atoms with Crippen LogP contribution in [0.25, 0.3) is 0 Å². The number of halogens is 1. The van der Waals surface area contributed by atoms with Crippen molar-refractivity contribution in [2.75, 3.05) is 33.2 Å². The highest BCUT2D eigenvalue weighted by molar-refractivity contribution is 5.86. The average Bonchev–Trinajstić information content (AvgIpc) is 3.56. The molecule has 0 bridgehead atoms. The number of aryl methyl sites for hydroxylation is 4. The lowest BCUT2D eigenvalue weighted by atomic mass is 9.95. The van der Waals surface area contributed by atoms with E-state index in [0.717, 1.165) is 30.7 Å². The van der Waals surface area contributed by atoms with Gasteiger partial charge in [0.15, 0.2) is 11.6 Å². The molecule has 2 atom stereocenters. The summed E-state index contributed by atoms with van der Waals surface area (Å²) in [6, 6.07) is 12.7. The third-order valence-electron chi connectivity index (χ3n) is 9.13.